The Kier molecular flexibility index (Phi) is 5.99. The van der Waals surface area contributed by atoms with E-state index in [1.165, 1.54) is 46.4 Å². The molecule has 34 heavy (non-hydrogen) atoms. The van der Waals surface area contributed by atoms with E-state index in [1.807, 2.05) is 0 Å². The van der Waals surface area contributed by atoms with Crippen LogP contribution in [-0.2, 0) is 28.1 Å². The van der Waals surface area contributed by atoms with Gasteiger partial charge in [-0.05, 0) is 45.0 Å². The quantitative estimate of drug-likeness (QED) is 0.633. The summed E-state index contributed by atoms with van der Waals surface area (Å²) in [5.74, 6) is -2.51. The summed E-state index contributed by atoms with van der Waals surface area (Å²) in [6.45, 7) is 3.13. The highest BCUT2D eigenvalue weighted by molar-refractivity contribution is 6.30. The zero-order valence-corrected chi connectivity index (χ0v) is 19.7. The Morgan fingerprint density at radius 2 is 1.97 bits per heavy atom. The maximum atomic E-state index is 13.5. The number of hydrogen-bond acceptors (Lipinski definition) is 6. The highest BCUT2D eigenvalue weighted by Crippen LogP contribution is 2.41. The van der Waals surface area contributed by atoms with Crippen LogP contribution < -0.4 is 15.8 Å². The number of aromatic nitrogens is 1. The molecule has 1 aromatic heterocycles. The molecule has 9 nitrogen and oxygen atoms in total. The zero-order valence-electron chi connectivity index (χ0n) is 18.9. The van der Waals surface area contributed by atoms with E-state index in [0.29, 0.717) is 11.1 Å². The number of benzene rings is 1. The van der Waals surface area contributed by atoms with Crippen molar-refractivity contribution in [2.24, 2.45) is 0 Å². The Morgan fingerprint density at radius 1 is 1.26 bits per heavy atom. The molecule has 0 saturated carbocycles. The fraction of sp³-hybridized carbons (Fsp3) is 0.391. The molecule has 0 fully saturated rings. The van der Waals surface area contributed by atoms with Crippen LogP contribution in [0.5, 0.6) is 5.75 Å². The molecule has 0 atom stereocenters. The summed E-state index contributed by atoms with van der Waals surface area (Å²) in [5, 5.41) is 13.4. The smallest absolute Gasteiger partial charge is 0.296 e. The van der Waals surface area contributed by atoms with Gasteiger partial charge in [-0.25, -0.2) is 4.39 Å². The van der Waals surface area contributed by atoms with Gasteiger partial charge in [0.25, 0.3) is 17.4 Å². The number of ketones is 1. The van der Waals surface area contributed by atoms with Crippen LogP contribution in [0.15, 0.2) is 23.0 Å². The average molecular weight is 491 g/mol. The van der Waals surface area contributed by atoms with Gasteiger partial charge in [-0.2, -0.15) is 0 Å². The molecule has 180 valence electrons. The number of carbonyl (C=O) groups excluding carboxylic acids is 3. The van der Waals surface area contributed by atoms with Crippen molar-refractivity contribution >= 4 is 35.0 Å². The lowest BCUT2D eigenvalue weighted by Crippen LogP contribution is -2.43. The van der Waals surface area contributed by atoms with E-state index in [-0.39, 0.29) is 54.8 Å². The van der Waals surface area contributed by atoms with E-state index >= 15 is 0 Å². The van der Waals surface area contributed by atoms with Gasteiger partial charge >= 0.3 is 0 Å². The summed E-state index contributed by atoms with van der Waals surface area (Å²) in [6, 6.07) is 4.11. The summed E-state index contributed by atoms with van der Waals surface area (Å²) in [6.07, 6.45) is 0.235. The van der Waals surface area contributed by atoms with Crippen molar-refractivity contribution in [2.45, 2.75) is 32.4 Å². The first-order valence-electron chi connectivity index (χ1n) is 10.7. The van der Waals surface area contributed by atoms with Crippen LogP contribution in [0, 0.1) is 5.82 Å². The van der Waals surface area contributed by atoms with E-state index in [4.69, 9.17) is 11.6 Å². The Hall–Kier alpha value is -3.24. The molecule has 0 radical (unpaired) electrons. The van der Waals surface area contributed by atoms with Crippen molar-refractivity contribution in [3.63, 3.8) is 0 Å². The minimum atomic E-state index is -1.34. The number of aromatic hydroxyl groups is 1. The molecule has 2 aromatic rings. The van der Waals surface area contributed by atoms with Gasteiger partial charge in [0, 0.05) is 18.7 Å². The van der Waals surface area contributed by atoms with E-state index in [9.17, 15) is 28.7 Å². The Labute approximate surface area is 199 Å². The number of amides is 2. The first kappa shape index (κ1) is 23.9. The van der Waals surface area contributed by atoms with Crippen LogP contribution in [0.3, 0.4) is 0 Å². The number of rotatable bonds is 6. The van der Waals surface area contributed by atoms with Gasteiger partial charge < -0.3 is 15.3 Å². The number of fused-ring (bicyclic) bond motifs is 3. The minimum absolute atomic E-state index is 0.0294. The fourth-order valence-electron chi connectivity index (χ4n) is 4.58. The summed E-state index contributed by atoms with van der Waals surface area (Å²) < 4.78 is 14.7. The second-order valence-electron chi connectivity index (χ2n) is 8.91. The number of nitrogens with one attached hydrogen (secondary N) is 1. The van der Waals surface area contributed by atoms with Crippen LogP contribution in [0.4, 0.5) is 10.2 Å². The Balaban J connectivity index is 1.79. The highest BCUT2D eigenvalue weighted by atomic mass is 35.5. The molecule has 1 aromatic carbocycles. The SMILES string of the molecule is CNCC(=O)CN1C(=O)C(C)(C)n2c1c1c(c(O)c2=O)C(=O)N(Cc2ccc(F)c(Cl)c2)CC1. The van der Waals surface area contributed by atoms with Crippen LogP contribution in [0.2, 0.25) is 5.02 Å². The molecule has 0 bridgehead atoms. The van der Waals surface area contributed by atoms with Gasteiger partial charge in [0.1, 0.15) is 17.2 Å². The molecular formula is C23H24ClFN4O5. The van der Waals surface area contributed by atoms with Gasteiger partial charge in [-0.3, -0.25) is 28.6 Å². The lowest BCUT2D eigenvalue weighted by atomic mass is 9.97. The molecule has 0 saturated heterocycles. The topological polar surface area (TPSA) is 112 Å². The molecular weight excluding hydrogens is 467 g/mol. The van der Waals surface area contributed by atoms with Gasteiger partial charge in [0.05, 0.1) is 23.7 Å². The number of halogens is 2. The van der Waals surface area contributed by atoms with E-state index in [0.717, 1.165) is 0 Å². The predicted octanol–water partition coefficient (Wildman–Crippen LogP) is 1.42. The lowest BCUT2D eigenvalue weighted by Gasteiger charge is -2.31. The van der Waals surface area contributed by atoms with E-state index < -0.39 is 34.5 Å². The van der Waals surface area contributed by atoms with Gasteiger partial charge in [0.2, 0.25) is 0 Å². The van der Waals surface area contributed by atoms with E-state index in [2.05, 4.69) is 5.32 Å². The monoisotopic (exact) mass is 490 g/mol. The molecule has 0 spiro atoms. The van der Waals surface area contributed by atoms with Gasteiger partial charge in [-0.1, -0.05) is 17.7 Å². The third kappa shape index (κ3) is 3.67. The Morgan fingerprint density at radius 3 is 2.62 bits per heavy atom. The van der Waals surface area contributed by atoms with Crippen molar-refractivity contribution in [2.75, 3.05) is 31.6 Å². The Bertz CT molecular complexity index is 1290. The first-order valence-corrected chi connectivity index (χ1v) is 11.1. The number of anilines is 1. The second-order valence-corrected chi connectivity index (χ2v) is 9.32. The molecule has 2 N–H and O–H groups in total. The summed E-state index contributed by atoms with van der Waals surface area (Å²) in [4.78, 5) is 54.7. The molecule has 0 aliphatic carbocycles. The van der Waals surface area contributed by atoms with Crippen molar-refractivity contribution < 1.29 is 23.9 Å². The number of pyridine rings is 1. The molecule has 0 unspecified atom stereocenters. The average Bonchev–Trinajstić information content (AvgIpc) is 2.97. The maximum Gasteiger partial charge on any atom is 0.296 e. The molecule has 4 rings (SSSR count). The number of carbonyl (C=O) groups is 3. The van der Waals surface area contributed by atoms with E-state index in [1.54, 1.807) is 7.05 Å². The second kappa shape index (κ2) is 8.52. The normalized spacial score (nSPS) is 16.6. The summed E-state index contributed by atoms with van der Waals surface area (Å²) >= 11 is 5.85. The number of likely N-dealkylation sites (N-methyl/N-ethyl adjacent to an activating group) is 1. The van der Waals surface area contributed by atoms with Gasteiger partial charge in [0.15, 0.2) is 11.5 Å². The highest BCUT2D eigenvalue weighted by Gasteiger charge is 2.49. The predicted molar refractivity (Wildman–Crippen MR) is 123 cm³/mol. The number of nitrogens with zero attached hydrogens (tertiary/aromatic N) is 3. The fourth-order valence-corrected chi connectivity index (χ4v) is 4.79. The van der Waals surface area contributed by atoms with Crippen molar-refractivity contribution in [1.29, 1.82) is 0 Å². The molecule has 2 aliphatic rings. The van der Waals surface area contributed by atoms with Crippen molar-refractivity contribution in [3.05, 3.63) is 56.1 Å². The number of Topliss-reactive ketones (excluding diaryl/α,β-unsaturated/α-hetero) is 1. The largest absolute Gasteiger partial charge is 0.502 e. The van der Waals surface area contributed by atoms with Crippen molar-refractivity contribution in [1.82, 2.24) is 14.8 Å². The molecule has 2 amide bonds. The van der Waals surface area contributed by atoms with Gasteiger partial charge in [-0.15, -0.1) is 0 Å². The standard InChI is InChI=1S/C23H24ClFN4O5/c1-23(2)22(34)28(11-13(30)9-26-3)19-14-6-7-27(10-12-4-5-16(25)15(24)8-12)20(32)17(14)18(31)21(33)29(19)23/h4-5,8,26,31H,6-7,9-11H2,1-3H3. The third-order valence-corrected chi connectivity index (χ3v) is 6.50. The molecule has 11 heteroatoms. The first-order chi connectivity index (χ1) is 16.0. The molecule has 3 heterocycles. The maximum absolute atomic E-state index is 13.5. The third-order valence-electron chi connectivity index (χ3n) is 6.21. The van der Waals surface area contributed by atoms with Crippen LogP contribution in [0.1, 0.15) is 35.3 Å². The van der Waals surface area contributed by atoms with Crippen molar-refractivity contribution in [3.8, 4) is 5.75 Å². The number of hydrogen-bond donors (Lipinski definition) is 2. The zero-order chi connectivity index (χ0) is 24.9. The summed E-state index contributed by atoms with van der Waals surface area (Å²) in [5.41, 5.74) is -1.49. The minimum Gasteiger partial charge on any atom is -0.502 e. The molecule has 2 aliphatic heterocycles. The lowest BCUT2D eigenvalue weighted by molar-refractivity contribution is -0.126. The summed E-state index contributed by atoms with van der Waals surface area (Å²) in [7, 11) is 1.60. The van der Waals surface area contributed by atoms with Crippen LogP contribution in [-0.4, -0.2) is 58.9 Å². The van der Waals surface area contributed by atoms with Crippen LogP contribution in [0.25, 0.3) is 0 Å². The van der Waals surface area contributed by atoms with Crippen LogP contribution >= 0.6 is 11.6 Å².